The van der Waals surface area contributed by atoms with Gasteiger partial charge in [-0.3, -0.25) is 28.9 Å². The number of likely N-dealkylation sites (N-methyl/N-ethyl adjacent to an activating group) is 1. The number of esters is 1. The monoisotopic (exact) mass is 782 g/mol. The van der Waals surface area contributed by atoms with Crippen molar-refractivity contribution in [1.82, 2.24) is 25.4 Å². The Morgan fingerprint density at radius 3 is 2.38 bits per heavy atom. The first-order valence-corrected chi connectivity index (χ1v) is 20.7. The molecule has 1 aliphatic carbocycles. The van der Waals surface area contributed by atoms with Crippen LogP contribution in [0.1, 0.15) is 133 Å². The number of hydrogen-bond donors (Lipinski definition) is 4. The van der Waals surface area contributed by atoms with Gasteiger partial charge in [-0.1, -0.05) is 66.5 Å². The van der Waals surface area contributed by atoms with Gasteiger partial charge in [0.1, 0.15) is 16.7 Å². The smallest absolute Gasteiger partial charge is 0.306 e. The topological polar surface area (TPSA) is 184 Å². The van der Waals surface area contributed by atoms with Gasteiger partial charge < -0.3 is 31.1 Å². The van der Waals surface area contributed by atoms with E-state index in [1.807, 2.05) is 58.7 Å². The van der Waals surface area contributed by atoms with Gasteiger partial charge in [0, 0.05) is 48.5 Å². The number of carbonyl (C=O) groups excluding carboxylic acids is 4. The van der Waals surface area contributed by atoms with Crippen molar-refractivity contribution in [2.75, 3.05) is 25.9 Å². The highest BCUT2D eigenvalue weighted by molar-refractivity contribution is 7.09. The Labute approximate surface area is 330 Å². The van der Waals surface area contributed by atoms with Crippen LogP contribution in [0.5, 0.6) is 0 Å². The molecule has 2 unspecified atom stereocenters. The summed E-state index contributed by atoms with van der Waals surface area (Å²) >= 11 is 1.20. The maximum atomic E-state index is 14.6. The highest BCUT2D eigenvalue weighted by Gasteiger charge is 2.57. The van der Waals surface area contributed by atoms with Crippen molar-refractivity contribution in [3.05, 3.63) is 45.9 Å². The summed E-state index contributed by atoms with van der Waals surface area (Å²) in [7, 11) is 1.95. The summed E-state index contributed by atoms with van der Waals surface area (Å²) in [6.45, 7) is 14.3. The molecule has 14 heteroatoms. The van der Waals surface area contributed by atoms with Gasteiger partial charge in [0.25, 0.3) is 5.91 Å². The molecule has 4 rings (SSSR count). The molecule has 0 bridgehead atoms. The predicted octanol–water partition coefficient (Wildman–Crippen LogP) is 5.76. The number of amides is 3. The Morgan fingerprint density at radius 1 is 1.11 bits per heavy atom. The molecular weight excluding hydrogens is 721 g/mol. The van der Waals surface area contributed by atoms with E-state index in [2.05, 4.69) is 20.5 Å². The number of nitrogens with one attached hydrogen (secondary N) is 2. The predicted molar refractivity (Wildman–Crippen MR) is 213 cm³/mol. The fraction of sp³-hybridized carbons (Fsp3) is 0.659. The lowest BCUT2D eigenvalue weighted by Gasteiger charge is -2.40. The highest BCUT2D eigenvalue weighted by atomic mass is 32.1. The zero-order valence-electron chi connectivity index (χ0n) is 33.8. The Kier molecular flexibility index (Phi) is 15.3. The lowest BCUT2D eigenvalue weighted by Crippen LogP contribution is -2.58. The first kappa shape index (κ1) is 43.7. The largest absolute Gasteiger partial charge is 0.481 e. The van der Waals surface area contributed by atoms with E-state index in [1.165, 1.54) is 18.3 Å². The van der Waals surface area contributed by atoms with Crippen LogP contribution in [0.4, 0.5) is 5.69 Å². The zero-order valence-corrected chi connectivity index (χ0v) is 34.6. The minimum absolute atomic E-state index is 0.0507. The van der Waals surface area contributed by atoms with E-state index >= 15 is 0 Å². The van der Waals surface area contributed by atoms with Crippen LogP contribution in [-0.4, -0.2) is 93.4 Å². The lowest BCUT2D eigenvalue weighted by atomic mass is 9.92. The highest BCUT2D eigenvalue weighted by Crippen LogP contribution is 2.55. The molecule has 1 aromatic heterocycles. The van der Waals surface area contributed by atoms with Gasteiger partial charge in [0.2, 0.25) is 11.8 Å². The summed E-state index contributed by atoms with van der Waals surface area (Å²) in [6.07, 6.45) is 4.34. The molecule has 0 spiro atoms. The van der Waals surface area contributed by atoms with Crippen molar-refractivity contribution >= 4 is 46.7 Å². The van der Waals surface area contributed by atoms with Crippen LogP contribution in [0.2, 0.25) is 0 Å². The number of ether oxygens (including phenoxy) is 1. The number of benzene rings is 1. The zero-order chi connectivity index (χ0) is 40.6. The molecule has 1 saturated carbocycles. The van der Waals surface area contributed by atoms with Crippen LogP contribution in [0.25, 0.3) is 0 Å². The van der Waals surface area contributed by atoms with E-state index < -0.39 is 41.4 Å². The average Bonchev–Trinajstić information content (AvgIpc) is 3.58. The number of likely N-dealkylation sites (tertiary alicyclic amines) is 1. The third-order valence-electron chi connectivity index (χ3n) is 11.4. The molecule has 5 N–H and O–H groups in total. The van der Waals surface area contributed by atoms with Crippen molar-refractivity contribution < 1.29 is 33.8 Å². The van der Waals surface area contributed by atoms with Crippen molar-refractivity contribution in [2.24, 2.45) is 17.8 Å². The van der Waals surface area contributed by atoms with Crippen LogP contribution in [-0.2, 0) is 23.9 Å². The van der Waals surface area contributed by atoms with E-state index in [1.54, 1.807) is 24.4 Å². The van der Waals surface area contributed by atoms with Gasteiger partial charge >= 0.3 is 11.9 Å². The van der Waals surface area contributed by atoms with Crippen LogP contribution in [0, 0.1) is 17.8 Å². The molecule has 55 heavy (non-hydrogen) atoms. The van der Waals surface area contributed by atoms with Gasteiger partial charge in [-0.25, -0.2) is 4.98 Å². The summed E-state index contributed by atoms with van der Waals surface area (Å²) in [5, 5.41) is 18.0. The van der Waals surface area contributed by atoms with Gasteiger partial charge in [-0.15, -0.1) is 11.3 Å². The second-order valence-corrected chi connectivity index (χ2v) is 17.0. The number of rotatable bonds is 19. The first-order valence-electron chi connectivity index (χ1n) is 19.9. The van der Waals surface area contributed by atoms with Gasteiger partial charge in [-0.2, -0.15) is 0 Å². The van der Waals surface area contributed by atoms with Crippen LogP contribution >= 0.6 is 11.3 Å². The van der Waals surface area contributed by atoms with Gasteiger partial charge in [0.15, 0.2) is 6.10 Å². The number of aromatic nitrogens is 1. The van der Waals surface area contributed by atoms with E-state index in [9.17, 15) is 29.1 Å². The second-order valence-electron chi connectivity index (χ2n) is 16.1. The number of nitrogens with zero attached hydrogens (tertiary/aromatic N) is 3. The molecule has 304 valence electrons. The second kappa shape index (κ2) is 19.2. The summed E-state index contributed by atoms with van der Waals surface area (Å²) in [6, 6.07) is 5.99. The number of anilines is 1. The number of nitrogens with two attached hydrogens (primary N) is 1. The van der Waals surface area contributed by atoms with E-state index in [0.717, 1.165) is 31.4 Å². The summed E-state index contributed by atoms with van der Waals surface area (Å²) in [5.41, 5.74) is 6.83. The lowest BCUT2D eigenvalue weighted by molar-refractivity contribution is -0.150. The molecule has 2 aromatic rings. The van der Waals surface area contributed by atoms with Gasteiger partial charge in [-0.05, 0) is 75.2 Å². The van der Waals surface area contributed by atoms with Crippen LogP contribution < -0.4 is 16.4 Å². The Hall–Kier alpha value is -4.04. The van der Waals surface area contributed by atoms with Crippen LogP contribution in [0.3, 0.4) is 0 Å². The van der Waals surface area contributed by atoms with Crippen molar-refractivity contribution in [1.29, 1.82) is 0 Å². The minimum Gasteiger partial charge on any atom is -0.481 e. The first-order chi connectivity index (χ1) is 26.0. The molecule has 3 amide bonds. The van der Waals surface area contributed by atoms with Crippen molar-refractivity contribution in [3.63, 3.8) is 0 Å². The van der Waals surface area contributed by atoms with Gasteiger partial charge in [0.05, 0.1) is 12.0 Å². The Bertz CT molecular complexity index is 1650. The summed E-state index contributed by atoms with van der Waals surface area (Å²) in [5.74, 6) is -3.15. The number of carboxylic acid groups (broad SMARTS) is 1. The standard InChI is InChI=1S/C41H62N6O7S/c1-9-18-47(39(51)35(25(5)10-2)44-37(50)32-13-11-12-19-46(32)8)33(24(3)4)20-34(54-27(7)48)38-43-31(23-55-38)36(49)45-41(21-26(6)40(52)53)22-30(41)28-14-16-29(42)17-15-28/h14-17,23-26,30,32-35H,9-13,18-22,42H2,1-8H3,(H,44,50)(H,45,49)(H,52,53)/t25-,26-,30?,32+,33+,34+,35-,41?/m0/s1. The molecule has 2 fully saturated rings. The molecule has 1 aliphatic heterocycles. The molecule has 2 aliphatic rings. The average molecular weight is 783 g/mol. The van der Waals surface area contributed by atoms with Crippen molar-refractivity contribution in [2.45, 2.75) is 136 Å². The number of piperidine rings is 1. The number of hydrogen-bond acceptors (Lipinski definition) is 10. The molecule has 8 atom stereocenters. The summed E-state index contributed by atoms with van der Waals surface area (Å²) < 4.78 is 5.87. The third-order valence-corrected chi connectivity index (χ3v) is 12.4. The Morgan fingerprint density at radius 2 is 1.80 bits per heavy atom. The van der Waals surface area contributed by atoms with E-state index in [-0.39, 0.29) is 60.2 Å². The number of thiazole rings is 1. The Balaban J connectivity index is 1.58. The molecule has 1 saturated heterocycles. The maximum absolute atomic E-state index is 14.6. The molecular formula is C41H62N6O7S. The van der Waals surface area contributed by atoms with E-state index in [0.29, 0.717) is 36.5 Å². The normalized spacial score (nSPS) is 22.5. The van der Waals surface area contributed by atoms with E-state index in [4.69, 9.17) is 10.5 Å². The summed E-state index contributed by atoms with van der Waals surface area (Å²) in [4.78, 5) is 74.9. The third kappa shape index (κ3) is 11.1. The number of nitrogen functional groups attached to an aromatic ring is 1. The van der Waals surface area contributed by atoms with Crippen molar-refractivity contribution in [3.8, 4) is 0 Å². The minimum atomic E-state index is -0.943. The number of carboxylic acids is 1. The molecule has 13 nitrogen and oxygen atoms in total. The fourth-order valence-corrected chi connectivity index (χ4v) is 8.76. The SMILES string of the molecule is CCCN(C(=O)[C@@H](NC(=O)[C@H]1CCCCN1C)[C@@H](C)CC)[C@H](C[C@@H](OC(C)=O)c1nc(C(=O)NC2(C[C@H](C)C(=O)O)CC2c2ccc(N)cc2)cs1)C(C)C. The number of carbonyl (C=O) groups is 5. The molecule has 1 aromatic carbocycles. The maximum Gasteiger partial charge on any atom is 0.306 e. The number of aliphatic carboxylic acids is 1. The molecule has 2 heterocycles. The quantitative estimate of drug-likeness (QED) is 0.101. The fourth-order valence-electron chi connectivity index (χ4n) is 7.93. The van der Waals surface area contributed by atoms with Crippen LogP contribution in [0.15, 0.2) is 29.6 Å². The molecule has 0 radical (unpaired) electrons.